The van der Waals surface area contributed by atoms with Crippen molar-refractivity contribution in [2.75, 3.05) is 4.90 Å². The minimum atomic E-state index is -0.422. The Kier molecular flexibility index (Phi) is 3.17. The molecule has 0 saturated carbocycles. The number of hydrogen-bond donors (Lipinski definition) is 0. The van der Waals surface area contributed by atoms with Gasteiger partial charge in [0.05, 0.1) is 11.8 Å². The number of benzene rings is 2. The predicted octanol–water partition coefficient (Wildman–Crippen LogP) is 4.54. The van der Waals surface area contributed by atoms with E-state index >= 15 is 0 Å². The summed E-state index contributed by atoms with van der Waals surface area (Å²) in [4.78, 5) is 1.87. The standard InChI is InChI=1S/C16H10ClFN2/c17-12-2-6-14(7-3-12)20-15(10-19)5-1-11-9-13(18)4-8-16(11)20/h1-9,15H. The fraction of sp³-hybridized carbons (Fsp3) is 0.0625. The number of hydrogen-bond acceptors (Lipinski definition) is 2. The molecule has 1 aliphatic rings. The smallest absolute Gasteiger partial charge is 0.140 e. The van der Waals surface area contributed by atoms with Gasteiger partial charge in [0.2, 0.25) is 0 Å². The van der Waals surface area contributed by atoms with E-state index in [9.17, 15) is 9.65 Å². The van der Waals surface area contributed by atoms with E-state index in [0.29, 0.717) is 5.02 Å². The highest BCUT2D eigenvalue weighted by Gasteiger charge is 2.23. The Bertz CT molecular complexity index is 716. The lowest BCUT2D eigenvalue weighted by Crippen LogP contribution is -2.30. The highest BCUT2D eigenvalue weighted by molar-refractivity contribution is 6.30. The van der Waals surface area contributed by atoms with Crippen LogP contribution in [-0.2, 0) is 0 Å². The molecule has 0 radical (unpaired) electrons. The van der Waals surface area contributed by atoms with Gasteiger partial charge in [-0.25, -0.2) is 4.39 Å². The lowest BCUT2D eigenvalue weighted by atomic mass is 10.0. The number of nitriles is 1. The van der Waals surface area contributed by atoms with Crippen molar-refractivity contribution in [2.45, 2.75) is 6.04 Å². The average molecular weight is 285 g/mol. The normalized spacial score (nSPS) is 16.6. The van der Waals surface area contributed by atoms with Crippen molar-refractivity contribution in [3.63, 3.8) is 0 Å². The molecule has 1 atom stereocenters. The Morgan fingerprint density at radius 3 is 2.60 bits per heavy atom. The van der Waals surface area contributed by atoms with Gasteiger partial charge in [0.1, 0.15) is 11.9 Å². The number of nitrogens with zero attached hydrogens (tertiary/aromatic N) is 2. The maximum Gasteiger partial charge on any atom is 0.140 e. The second kappa shape index (κ2) is 4.99. The van der Waals surface area contributed by atoms with Crippen LogP contribution in [0.2, 0.25) is 5.02 Å². The summed E-state index contributed by atoms with van der Waals surface area (Å²) in [5, 5.41) is 9.95. The Hall–Kier alpha value is -2.31. The molecule has 4 heteroatoms. The van der Waals surface area contributed by atoms with Crippen LogP contribution < -0.4 is 4.90 Å². The van der Waals surface area contributed by atoms with E-state index in [4.69, 9.17) is 11.6 Å². The summed E-state index contributed by atoms with van der Waals surface area (Å²) in [7, 11) is 0. The molecule has 0 spiro atoms. The summed E-state index contributed by atoms with van der Waals surface area (Å²) in [5.41, 5.74) is 2.41. The van der Waals surface area contributed by atoms with Gasteiger partial charge in [-0.15, -0.1) is 0 Å². The molecule has 1 unspecified atom stereocenters. The molecule has 98 valence electrons. The summed E-state index contributed by atoms with van der Waals surface area (Å²) < 4.78 is 13.3. The number of fused-ring (bicyclic) bond motifs is 1. The molecule has 0 aromatic heterocycles. The van der Waals surface area contributed by atoms with E-state index in [1.807, 2.05) is 17.0 Å². The Morgan fingerprint density at radius 2 is 1.90 bits per heavy atom. The molecule has 3 rings (SSSR count). The van der Waals surface area contributed by atoms with Crippen LogP contribution in [0.25, 0.3) is 6.08 Å². The van der Waals surface area contributed by atoms with Gasteiger partial charge in [-0.3, -0.25) is 0 Å². The molecule has 0 fully saturated rings. The maximum absolute atomic E-state index is 13.3. The minimum Gasteiger partial charge on any atom is -0.321 e. The van der Waals surface area contributed by atoms with E-state index < -0.39 is 6.04 Å². The first-order valence-electron chi connectivity index (χ1n) is 6.11. The molecule has 0 saturated heterocycles. The van der Waals surface area contributed by atoms with Crippen molar-refractivity contribution < 1.29 is 4.39 Å². The third kappa shape index (κ3) is 2.15. The van der Waals surface area contributed by atoms with Crippen molar-refractivity contribution in [3.05, 3.63) is 64.9 Å². The van der Waals surface area contributed by atoms with Crippen LogP contribution in [0.1, 0.15) is 5.56 Å². The lowest BCUT2D eigenvalue weighted by molar-refractivity contribution is 0.627. The van der Waals surface area contributed by atoms with Crippen LogP contribution >= 0.6 is 11.6 Å². The van der Waals surface area contributed by atoms with Gasteiger partial charge in [-0.2, -0.15) is 5.26 Å². The fourth-order valence-electron chi connectivity index (χ4n) is 2.31. The first-order valence-corrected chi connectivity index (χ1v) is 6.49. The van der Waals surface area contributed by atoms with Crippen molar-refractivity contribution in [1.29, 1.82) is 5.26 Å². The Morgan fingerprint density at radius 1 is 1.15 bits per heavy atom. The number of halogens is 2. The van der Waals surface area contributed by atoms with Crippen LogP contribution in [0.4, 0.5) is 15.8 Å². The minimum absolute atomic E-state index is 0.292. The van der Waals surface area contributed by atoms with E-state index in [0.717, 1.165) is 16.9 Å². The molecule has 2 aromatic rings. The third-order valence-electron chi connectivity index (χ3n) is 3.22. The zero-order valence-corrected chi connectivity index (χ0v) is 11.2. The van der Waals surface area contributed by atoms with Crippen LogP contribution in [0.3, 0.4) is 0 Å². The average Bonchev–Trinajstić information content (AvgIpc) is 2.47. The first-order chi connectivity index (χ1) is 9.69. The molecule has 0 N–H and O–H groups in total. The van der Waals surface area contributed by atoms with Crippen LogP contribution in [0.15, 0.2) is 48.5 Å². The fourth-order valence-corrected chi connectivity index (χ4v) is 2.44. The van der Waals surface area contributed by atoms with Gasteiger partial charge in [0, 0.05) is 16.3 Å². The van der Waals surface area contributed by atoms with Crippen LogP contribution in [-0.4, -0.2) is 6.04 Å². The predicted molar refractivity (Wildman–Crippen MR) is 78.4 cm³/mol. The molecule has 2 aromatic carbocycles. The summed E-state index contributed by atoms with van der Waals surface area (Å²) in [6, 6.07) is 13.6. The van der Waals surface area contributed by atoms with E-state index in [-0.39, 0.29) is 5.82 Å². The van der Waals surface area contributed by atoms with Crippen molar-refractivity contribution >= 4 is 29.1 Å². The summed E-state index contributed by atoms with van der Waals surface area (Å²) >= 11 is 5.89. The highest BCUT2D eigenvalue weighted by atomic mass is 35.5. The van der Waals surface area contributed by atoms with Crippen LogP contribution in [0, 0.1) is 17.1 Å². The summed E-state index contributed by atoms with van der Waals surface area (Å²) in [6.07, 6.45) is 3.54. The first kappa shape index (κ1) is 12.7. The van der Waals surface area contributed by atoms with Crippen molar-refractivity contribution in [1.82, 2.24) is 0 Å². The summed E-state index contributed by atoms with van der Waals surface area (Å²) in [6.45, 7) is 0. The zero-order chi connectivity index (χ0) is 14.1. The molecule has 2 nitrogen and oxygen atoms in total. The van der Waals surface area contributed by atoms with Gasteiger partial charge < -0.3 is 4.90 Å². The quantitative estimate of drug-likeness (QED) is 0.769. The SMILES string of the molecule is N#CC1C=Cc2cc(F)ccc2N1c1ccc(Cl)cc1. The third-order valence-corrected chi connectivity index (χ3v) is 3.47. The second-order valence-corrected chi connectivity index (χ2v) is 4.92. The van der Waals surface area contributed by atoms with Crippen molar-refractivity contribution in [3.8, 4) is 6.07 Å². The van der Waals surface area contributed by atoms with Gasteiger partial charge in [-0.05, 0) is 48.5 Å². The zero-order valence-electron chi connectivity index (χ0n) is 10.4. The molecule has 20 heavy (non-hydrogen) atoms. The maximum atomic E-state index is 13.3. The Labute approximate surface area is 121 Å². The van der Waals surface area contributed by atoms with Crippen LogP contribution in [0.5, 0.6) is 0 Å². The van der Waals surface area contributed by atoms with Gasteiger partial charge in [0.25, 0.3) is 0 Å². The number of rotatable bonds is 1. The molecule has 1 heterocycles. The van der Waals surface area contributed by atoms with E-state index in [1.165, 1.54) is 12.1 Å². The lowest BCUT2D eigenvalue weighted by Gasteiger charge is -2.32. The number of anilines is 2. The Balaban J connectivity index is 2.14. The molecular weight excluding hydrogens is 275 g/mol. The van der Waals surface area contributed by atoms with Gasteiger partial charge in [-0.1, -0.05) is 17.7 Å². The molecule has 0 aliphatic carbocycles. The van der Waals surface area contributed by atoms with E-state index in [1.54, 1.807) is 30.4 Å². The van der Waals surface area contributed by atoms with E-state index in [2.05, 4.69) is 6.07 Å². The topological polar surface area (TPSA) is 27.0 Å². The molecular formula is C16H10ClFN2. The largest absolute Gasteiger partial charge is 0.321 e. The summed E-state index contributed by atoms with van der Waals surface area (Å²) in [5.74, 6) is -0.292. The molecule has 0 bridgehead atoms. The van der Waals surface area contributed by atoms with Gasteiger partial charge in [0.15, 0.2) is 0 Å². The van der Waals surface area contributed by atoms with Crippen molar-refractivity contribution in [2.24, 2.45) is 0 Å². The molecule has 1 aliphatic heterocycles. The monoisotopic (exact) mass is 284 g/mol. The molecule has 0 amide bonds. The van der Waals surface area contributed by atoms with Gasteiger partial charge >= 0.3 is 0 Å². The second-order valence-electron chi connectivity index (χ2n) is 4.48. The highest BCUT2D eigenvalue weighted by Crippen LogP contribution is 2.36.